The Morgan fingerprint density at radius 1 is 0.846 bits per heavy atom. The second-order valence-electron chi connectivity index (χ2n) is 4.33. The molecule has 0 aliphatic rings. The number of aromatic nitrogens is 4. The van der Waals surface area contributed by atoms with Crippen LogP contribution in [0.1, 0.15) is 16.2 Å². The first-order valence-corrected chi connectivity index (χ1v) is 6.17. The Hall–Kier alpha value is -4.37. The predicted molar refractivity (Wildman–Crippen MR) is 80.4 cm³/mol. The Morgan fingerprint density at radius 2 is 1.27 bits per heavy atom. The van der Waals surface area contributed by atoms with E-state index in [0.717, 1.165) is 0 Å². The summed E-state index contributed by atoms with van der Waals surface area (Å²) >= 11 is 0. The van der Waals surface area contributed by atoms with E-state index < -0.39 is 55.4 Å². The molecule has 0 atom stereocenters. The van der Waals surface area contributed by atoms with Crippen molar-refractivity contribution in [1.82, 2.24) is 19.9 Å². The van der Waals surface area contributed by atoms with Crippen LogP contribution in [0.2, 0.25) is 0 Å². The Labute approximate surface area is 138 Å². The summed E-state index contributed by atoms with van der Waals surface area (Å²) < 4.78 is 0. The van der Waals surface area contributed by atoms with E-state index in [1.807, 2.05) is 0 Å². The lowest BCUT2D eigenvalue weighted by molar-refractivity contribution is -0.387. The number of hydrogen-bond donors (Lipinski definition) is 5. The fourth-order valence-electron chi connectivity index (χ4n) is 1.62. The third-order valence-corrected chi connectivity index (χ3v) is 2.59. The lowest BCUT2D eigenvalue weighted by atomic mass is 10.3. The molecule has 0 fully saturated rings. The van der Waals surface area contributed by atoms with Crippen molar-refractivity contribution in [3.8, 4) is 0 Å². The number of aromatic carboxylic acids is 1. The van der Waals surface area contributed by atoms with Crippen molar-refractivity contribution in [2.24, 2.45) is 0 Å². The number of nitro groups is 2. The highest BCUT2D eigenvalue weighted by Crippen LogP contribution is 2.06. The van der Waals surface area contributed by atoms with Gasteiger partial charge in [-0.1, -0.05) is 0 Å². The van der Waals surface area contributed by atoms with Crippen molar-refractivity contribution in [1.29, 1.82) is 0 Å². The van der Waals surface area contributed by atoms with Crippen LogP contribution in [0.5, 0.6) is 0 Å². The molecular formula is C10H8N6O10. The molecule has 2 heterocycles. The largest absolute Gasteiger partial charge is 0.476 e. The first-order valence-electron chi connectivity index (χ1n) is 6.17. The van der Waals surface area contributed by atoms with Gasteiger partial charge in [0, 0.05) is 0 Å². The topological polar surface area (TPSA) is 255 Å². The van der Waals surface area contributed by atoms with Crippen molar-refractivity contribution < 1.29 is 19.7 Å². The molecule has 138 valence electrons. The maximum absolute atomic E-state index is 10.8. The molecule has 0 spiro atoms. The summed E-state index contributed by atoms with van der Waals surface area (Å²) in [6, 6.07) is 0. The Kier molecular flexibility index (Phi) is 5.65. The van der Waals surface area contributed by atoms with E-state index >= 15 is 0 Å². The summed E-state index contributed by atoms with van der Waals surface area (Å²) in [5.41, 5.74) is -7.11. The first kappa shape index (κ1) is 19.7. The average Bonchev–Trinajstić information content (AvgIpc) is 2.44. The molecule has 0 aromatic carbocycles. The van der Waals surface area contributed by atoms with Crippen LogP contribution < -0.4 is 22.5 Å². The molecule has 2 aromatic heterocycles. The van der Waals surface area contributed by atoms with Gasteiger partial charge in [0.25, 0.3) is 0 Å². The van der Waals surface area contributed by atoms with Gasteiger partial charge in [-0.2, -0.15) is 0 Å². The lowest BCUT2D eigenvalue weighted by Crippen LogP contribution is -2.28. The van der Waals surface area contributed by atoms with E-state index in [4.69, 9.17) is 5.11 Å². The van der Waals surface area contributed by atoms with Gasteiger partial charge in [0.15, 0.2) is 0 Å². The van der Waals surface area contributed by atoms with Gasteiger partial charge in [-0.3, -0.25) is 44.8 Å². The summed E-state index contributed by atoms with van der Waals surface area (Å²) in [7, 11) is 0. The van der Waals surface area contributed by atoms with Crippen LogP contribution in [-0.2, 0) is 0 Å². The van der Waals surface area contributed by atoms with Crippen molar-refractivity contribution in [2.75, 3.05) is 0 Å². The molecule has 0 unspecified atom stereocenters. The third-order valence-electron chi connectivity index (χ3n) is 2.59. The highest BCUT2D eigenvalue weighted by atomic mass is 16.6. The van der Waals surface area contributed by atoms with Gasteiger partial charge in [-0.05, 0) is 6.92 Å². The molecule has 16 heteroatoms. The smallest absolute Gasteiger partial charge is 0.364 e. The molecule has 0 radical (unpaired) electrons. The van der Waals surface area contributed by atoms with Gasteiger partial charge in [0.2, 0.25) is 5.69 Å². The normalized spacial score (nSPS) is 9.73. The zero-order valence-corrected chi connectivity index (χ0v) is 12.5. The van der Waals surface area contributed by atoms with Crippen LogP contribution in [0.15, 0.2) is 19.2 Å². The molecule has 0 aliphatic heterocycles. The van der Waals surface area contributed by atoms with Crippen LogP contribution in [0.4, 0.5) is 11.4 Å². The number of carboxylic acid groups (broad SMARTS) is 1. The lowest BCUT2D eigenvalue weighted by Gasteiger charge is -1.94. The molecule has 5 N–H and O–H groups in total. The highest BCUT2D eigenvalue weighted by Gasteiger charge is 2.25. The third kappa shape index (κ3) is 4.34. The van der Waals surface area contributed by atoms with Crippen LogP contribution in [0.25, 0.3) is 0 Å². The molecule has 26 heavy (non-hydrogen) atoms. The number of aromatic amines is 4. The average molecular weight is 372 g/mol. The molecule has 0 amide bonds. The summed E-state index contributed by atoms with van der Waals surface area (Å²) in [4.78, 5) is 78.7. The molecular weight excluding hydrogens is 364 g/mol. The van der Waals surface area contributed by atoms with Crippen molar-refractivity contribution in [2.45, 2.75) is 6.92 Å². The summed E-state index contributed by atoms with van der Waals surface area (Å²) in [5, 5.41) is 28.9. The Balaban J connectivity index is 0.000000263. The first-order chi connectivity index (χ1) is 12.0. The second-order valence-corrected chi connectivity index (χ2v) is 4.33. The van der Waals surface area contributed by atoms with E-state index in [9.17, 15) is 44.2 Å². The van der Waals surface area contributed by atoms with Crippen molar-refractivity contribution in [3.63, 3.8) is 0 Å². The monoisotopic (exact) mass is 372 g/mol. The number of carbonyl (C=O) groups is 1. The van der Waals surface area contributed by atoms with E-state index in [1.165, 1.54) is 6.92 Å². The number of nitrogens with one attached hydrogen (secondary N) is 4. The minimum absolute atomic E-state index is 0.0475. The number of carboxylic acids is 1. The number of nitrogens with zero attached hydrogens (tertiary/aromatic N) is 2. The van der Waals surface area contributed by atoms with Gasteiger partial charge in [-0.15, -0.1) is 0 Å². The van der Waals surface area contributed by atoms with E-state index in [1.54, 1.807) is 15.0 Å². The van der Waals surface area contributed by atoms with E-state index in [-0.39, 0.29) is 5.69 Å². The van der Waals surface area contributed by atoms with Gasteiger partial charge in [0.1, 0.15) is 5.69 Å². The minimum atomic E-state index is -1.75. The standard InChI is InChI=1S/C5H3N3O6.C5H5N3O4/c9-3-2(8(13)14)1(4(10)11)6-5(12)7-3;1-2-3(8(11)12)4(9)7-5(10)6-2/h(H,10,11)(H2,6,7,9,12);1H3,(H2,6,7,9,10). The fraction of sp³-hybridized carbons (Fsp3) is 0.100. The van der Waals surface area contributed by atoms with Crippen LogP contribution in [0.3, 0.4) is 0 Å². The molecule has 2 aromatic rings. The Bertz CT molecular complexity index is 1120. The highest BCUT2D eigenvalue weighted by molar-refractivity contribution is 5.89. The summed E-state index contributed by atoms with van der Waals surface area (Å²) in [6.45, 7) is 1.29. The zero-order valence-electron chi connectivity index (χ0n) is 12.5. The van der Waals surface area contributed by atoms with Gasteiger partial charge in [0.05, 0.1) is 9.85 Å². The van der Waals surface area contributed by atoms with Gasteiger partial charge >= 0.3 is 39.8 Å². The molecule has 16 nitrogen and oxygen atoms in total. The second kappa shape index (κ2) is 7.47. The predicted octanol–water partition coefficient (Wildman–Crippen LogP) is -2.05. The fourth-order valence-corrected chi connectivity index (χ4v) is 1.62. The van der Waals surface area contributed by atoms with Crippen molar-refractivity contribution in [3.05, 3.63) is 73.3 Å². The number of H-pyrrole nitrogens is 4. The maximum atomic E-state index is 10.8. The van der Waals surface area contributed by atoms with Crippen LogP contribution in [0, 0.1) is 27.2 Å². The number of hydrogen-bond acceptors (Lipinski definition) is 9. The zero-order chi connectivity index (χ0) is 20.2. The molecule has 0 saturated heterocycles. The van der Waals surface area contributed by atoms with Crippen LogP contribution >= 0.6 is 0 Å². The van der Waals surface area contributed by atoms with Crippen LogP contribution in [-0.4, -0.2) is 40.9 Å². The quantitative estimate of drug-likeness (QED) is 0.291. The molecule has 0 bridgehead atoms. The maximum Gasteiger partial charge on any atom is 0.364 e. The summed E-state index contributed by atoms with van der Waals surface area (Å²) in [5.74, 6) is -1.75. The summed E-state index contributed by atoms with van der Waals surface area (Å²) in [6.07, 6.45) is 0. The molecule has 0 saturated carbocycles. The van der Waals surface area contributed by atoms with Gasteiger partial charge < -0.3 is 10.1 Å². The van der Waals surface area contributed by atoms with E-state index in [0.29, 0.717) is 0 Å². The van der Waals surface area contributed by atoms with E-state index in [2.05, 4.69) is 4.98 Å². The van der Waals surface area contributed by atoms with Crippen molar-refractivity contribution >= 4 is 17.3 Å². The molecule has 0 aliphatic carbocycles. The SMILES string of the molecule is Cc1[nH]c(=O)[nH]c(=O)c1[N+](=O)[O-].O=C(O)c1[nH]c(=O)[nH]c(=O)c1[N+](=O)[O-]. The number of aryl methyl sites for hydroxylation is 1. The minimum Gasteiger partial charge on any atom is -0.476 e. The number of rotatable bonds is 3. The Morgan fingerprint density at radius 3 is 1.65 bits per heavy atom. The molecule has 2 rings (SSSR count). The van der Waals surface area contributed by atoms with Gasteiger partial charge in [-0.25, -0.2) is 14.4 Å².